The molecule has 0 aliphatic carbocycles. The predicted octanol–water partition coefficient (Wildman–Crippen LogP) is 2.19. The summed E-state index contributed by atoms with van der Waals surface area (Å²) in [5.41, 5.74) is -1.20. The van der Waals surface area contributed by atoms with Crippen molar-refractivity contribution in [2.75, 3.05) is 11.4 Å². The van der Waals surface area contributed by atoms with E-state index in [0.717, 1.165) is 11.0 Å². The number of carbonyl (C=O) groups excluding carboxylic acids is 2. The summed E-state index contributed by atoms with van der Waals surface area (Å²) < 4.78 is 39.1. The number of nitrogens with one attached hydrogen (secondary N) is 1. The summed E-state index contributed by atoms with van der Waals surface area (Å²) in [6, 6.07) is 3.96. The van der Waals surface area contributed by atoms with Gasteiger partial charge in [-0.2, -0.15) is 13.2 Å². The van der Waals surface area contributed by atoms with Crippen LogP contribution in [0.15, 0.2) is 24.3 Å². The molecule has 114 valence electrons. The average Bonchev–Trinajstić information content (AvgIpc) is 2.39. The lowest BCUT2D eigenvalue weighted by atomic mass is 9.99. The van der Waals surface area contributed by atoms with E-state index in [4.69, 9.17) is 0 Å². The zero-order chi connectivity index (χ0) is 15.8. The van der Waals surface area contributed by atoms with Gasteiger partial charge in [0.15, 0.2) is 0 Å². The van der Waals surface area contributed by atoms with Crippen LogP contribution in [0.5, 0.6) is 0 Å². The number of nitrogens with zero attached hydrogens (tertiary/aromatic N) is 1. The Hall–Kier alpha value is -2.05. The summed E-state index contributed by atoms with van der Waals surface area (Å²) in [6.07, 6.45) is -4.59. The number of alkyl halides is 3. The van der Waals surface area contributed by atoms with Gasteiger partial charge in [-0.15, -0.1) is 0 Å². The predicted molar refractivity (Wildman–Crippen MR) is 70.6 cm³/mol. The number of piperazine rings is 1. The van der Waals surface area contributed by atoms with Crippen molar-refractivity contribution in [2.24, 2.45) is 5.92 Å². The van der Waals surface area contributed by atoms with E-state index in [1.807, 2.05) is 0 Å². The van der Waals surface area contributed by atoms with Crippen LogP contribution in [0.4, 0.5) is 18.9 Å². The molecule has 1 fully saturated rings. The number of carbonyl (C=O) groups is 2. The van der Waals surface area contributed by atoms with Crippen molar-refractivity contribution in [3.05, 3.63) is 29.8 Å². The van der Waals surface area contributed by atoms with Gasteiger partial charge in [-0.25, -0.2) is 0 Å². The maximum absolute atomic E-state index is 13.0. The maximum atomic E-state index is 13.0. The molecule has 1 N–H and O–H groups in total. The number of halogens is 3. The van der Waals surface area contributed by atoms with E-state index in [1.165, 1.54) is 18.2 Å². The van der Waals surface area contributed by atoms with Crippen LogP contribution in [0.3, 0.4) is 0 Å². The molecule has 0 saturated carbocycles. The molecule has 0 bridgehead atoms. The number of para-hydroxylation sites is 1. The highest BCUT2D eigenvalue weighted by molar-refractivity contribution is 6.07. The molecule has 1 aromatic rings. The third kappa shape index (κ3) is 3.01. The van der Waals surface area contributed by atoms with Crippen molar-refractivity contribution in [3.8, 4) is 0 Å². The zero-order valence-electron chi connectivity index (χ0n) is 11.6. The van der Waals surface area contributed by atoms with Gasteiger partial charge in [-0.1, -0.05) is 26.0 Å². The molecular formula is C14H15F3N2O2. The molecule has 21 heavy (non-hydrogen) atoms. The van der Waals surface area contributed by atoms with E-state index in [0.29, 0.717) is 0 Å². The maximum Gasteiger partial charge on any atom is 0.418 e. The Kier molecular flexibility index (Phi) is 3.93. The second-order valence-corrected chi connectivity index (χ2v) is 5.23. The zero-order valence-corrected chi connectivity index (χ0v) is 11.6. The third-order valence-corrected chi connectivity index (χ3v) is 3.32. The first-order valence-corrected chi connectivity index (χ1v) is 6.48. The molecule has 1 heterocycles. The molecule has 1 aliphatic heterocycles. The van der Waals surface area contributed by atoms with Crippen molar-refractivity contribution in [3.63, 3.8) is 0 Å². The molecular weight excluding hydrogens is 285 g/mol. The van der Waals surface area contributed by atoms with Crippen LogP contribution in [0.25, 0.3) is 0 Å². The quantitative estimate of drug-likeness (QED) is 0.910. The molecule has 1 unspecified atom stereocenters. The van der Waals surface area contributed by atoms with E-state index < -0.39 is 36.1 Å². The standard InChI is InChI=1S/C14H15F3N2O2/c1-8(2)12-13(21)19(7-11(20)18-12)10-6-4-3-5-9(10)14(15,16)17/h3-6,8,12H,7H2,1-2H3,(H,18,20). The first-order chi connectivity index (χ1) is 9.71. The van der Waals surface area contributed by atoms with E-state index in [9.17, 15) is 22.8 Å². The lowest BCUT2D eigenvalue weighted by molar-refractivity contribution is -0.138. The summed E-state index contributed by atoms with van der Waals surface area (Å²) in [6.45, 7) is 3.04. The molecule has 1 atom stereocenters. The lowest BCUT2D eigenvalue weighted by Gasteiger charge is -2.35. The fourth-order valence-corrected chi connectivity index (χ4v) is 2.27. The van der Waals surface area contributed by atoms with Crippen molar-refractivity contribution >= 4 is 17.5 Å². The number of amides is 2. The van der Waals surface area contributed by atoms with Crippen LogP contribution >= 0.6 is 0 Å². The number of benzene rings is 1. The first kappa shape index (κ1) is 15.3. The Bertz CT molecular complexity index is 570. The minimum atomic E-state index is -4.59. The fourth-order valence-electron chi connectivity index (χ4n) is 2.27. The topological polar surface area (TPSA) is 49.4 Å². The minimum absolute atomic E-state index is 0.206. The van der Waals surface area contributed by atoms with E-state index >= 15 is 0 Å². The Morgan fingerprint density at radius 1 is 1.24 bits per heavy atom. The Morgan fingerprint density at radius 3 is 2.43 bits per heavy atom. The van der Waals surface area contributed by atoms with Gasteiger partial charge in [0, 0.05) is 0 Å². The monoisotopic (exact) mass is 300 g/mol. The van der Waals surface area contributed by atoms with Gasteiger partial charge in [0.05, 0.1) is 11.3 Å². The SMILES string of the molecule is CC(C)C1NC(=O)CN(c2ccccc2C(F)(F)F)C1=O. The van der Waals surface area contributed by atoms with Crippen LogP contribution < -0.4 is 10.2 Å². The molecule has 0 aromatic heterocycles. The van der Waals surface area contributed by atoms with Gasteiger partial charge in [-0.3, -0.25) is 9.59 Å². The molecule has 2 rings (SSSR count). The Morgan fingerprint density at radius 2 is 1.86 bits per heavy atom. The number of hydrogen-bond donors (Lipinski definition) is 1. The average molecular weight is 300 g/mol. The van der Waals surface area contributed by atoms with Gasteiger partial charge >= 0.3 is 6.18 Å². The Labute approximate surface area is 119 Å². The van der Waals surface area contributed by atoms with Crippen molar-refractivity contribution < 1.29 is 22.8 Å². The third-order valence-electron chi connectivity index (χ3n) is 3.32. The lowest BCUT2D eigenvalue weighted by Crippen LogP contribution is -2.60. The molecule has 1 aromatic carbocycles. The molecule has 4 nitrogen and oxygen atoms in total. The fraction of sp³-hybridized carbons (Fsp3) is 0.429. The van der Waals surface area contributed by atoms with Crippen molar-refractivity contribution in [1.29, 1.82) is 0 Å². The van der Waals surface area contributed by atoms with Gasteiger partial charge in [-0.05, 0) is 18.1 Å². The molecule has 1 aliphatic rings. The molecule has 0 spiro atoms. The highest BCUT2D eigenvalue weighted by Crippen LogP contribution is 2.37. The number of anilines is 1. The summed E-state index contributed by atoms with van der Waals surface area (Å²) >= 11 is 0. The minimum Gasteiger partial charge on any atom is -0.342 e. The smallest absolute Gasteiger partial charge is 0.342 e. The first-order valence-electron chi connectivity index (χ1n) is 6.48. The van der Waals surface area contributed by atoms with Crippen LogP contribution in [0.2, 0.25) is 0 Å². The number of hydrogen-bond acceptors (Lipinski definition) is 2. The highest BCUT2D eigenvalue weighted by atomic mass is 19.4. The summed E-state index contributed by atoms with van der Waals surface area (Å²) in [4.78, 5) is 24.9. The highest BCUT2D eigenvalue weighted by Gasteiger charge is 2.40. The van der Waals surface area contributed by atoms with E-state index in [-0.39, 0.29) is 11.6 Å². The summed E-state index contributed by atoms with van der Waals surface area (Å²) in [5.74, 6) is -1.20. The van der Waals surface area contributed by atoms with Crippen molar-refractivity contribution in [2.45, 2.75) is 26.1 Å². The molecule has 7 heteroatoms. The van der Waals surface area contributed by atoms with Crippen LogP contribution in [-0.2, 0) is 15.8 Å². The van der Waals surface area contributed by atoms with Gasteiger partial charge < -0.3 is 10.2 Å². The largest absolute Gasteiger partial charge is 0.418 e. The molecule has 2 amide bonds. The Balaban J connectivity index is 2.46. The van der Waals surface area contributed by atoms with Crippen molar-refractivity contribution in [1.82, 2.24) is 5.32 Å². The number of rotatable bonds is 2. The normalized spacial score (nSPS) is 19.9. The van der Waals surface area contributed by atoms with Crippen LogP contribution in [-0.4, -0.2) is 24.4 Å². The second-order valence-electron chi connectivity index (χ2n) is 5.23. The second kappa shape index (κ2) is 5.38. The van der Waals surface area contributed by atoms with E-state index in [2.05, 4.69) is 5.32 Å². The van der Waals surface area contributed by atoms with Crippen LogP contribution in [0, 0.1) is 5.92 Å². The summed E-state index contributed by atoms with van der Waals surface area (Å²) in [7, 11) is 0. The van der Waals surface area contributed by atoms with Gasteiger partial charge in [0.1, 0.15) is 12.6 Å². The van der Waals surface area contributed by atoms with Gasteiger partial charge in [0.2, 0.25) is 11.8 Å². The van der Waals surface area contributed by atoms with E-state index in [1.54, 1.807) is 13.8 Å². The van der Waals surface area contributed by atoms with Gasteiger partial charge in [0.25, 0.3) is 0 Å². The summed E-state index contributed by atoms with van der Waals surface area (Å²) in [5, 5.41) is 2.51. The van der Waals surface area contributed by atoms with Crippen LogP contribution in [0.1, 0.15) is 19.4 Å². The molecule has 0 radical (unpaired) electrons. The molecule has 1 saturated heterocycles.